The van der Waals surface area contributed by atoms with Crippen LogP contribution in [0.4, 0.5) is 11.6 Å². The number of amides is 2. The number of carbonyl (C=O) groups excluding carboxylic acids is 2. The zero-order valence-corrected chi connectivity index (χ0v) is 28.3. The highest BCUT2D eigenvalue weighted by atomic mass is 32.2. The molecule has 2 saturated heterocycles. The van der Waals surface area contributed by atoms with E-state index in [1.807, 2.05) is 62.4 Å². The molecule has 2 amide bonds. The molecule has 1 aromatic heterocycles. The minimum atomic E-state index is -0.767. The average Bonchev–Trinajstić information content (AvgIpc) is 3.54. The van der Waals surface area contributed by atoms with E-state index in [2.05, 4.69) is 21.0 Å². The standard InChI is InChI=1S/C34H34N6O6S2/c1-33(15-13-21-9-11-25(41)27(17-21)45-3)39(29(43)19-47-33)37-31-23-7-5-6-8-24(23)32(36-35-31)38-40-30(44)20-48-34(40,2)16-14-22-10-12-26(42)28(18-22)46-4/h5-18,41-42H,19-20H2,1-4H3,(H,35,37)(H,36,38)/b15-13+,16-14+. The second-order valence-electron chi connectivity index (χ2n) is 11.3. The third kappa shape index (κ3) is 6.40. The maximum absolute atomic E-state index is 13.1. The lowest BCUT2D eigenvalue weighted by molar-refractivity contribution is -0.128. The number of rotatable bonds is 10. The molecule has 4 aromatic rings. The molecule has 2 aliphatic heterocycles. The lowest BCUT2D eigenvalue weighted by atomic mass is 10.1. The molecule has 48 heavy (non-hydrogen) atoms. The van der Waals surface area contributed by atoms with Gasteiger partial charge in [-0.2, -0.15) is 0 Å². The number of aromatic hydroxyl groups is 2. The zero-order chi connectivity index (χ0) is 34.1. The summed E-state index contributed by atoms with van der Waals surface area (Å²) in [6, 6.07) is 17.6. The van der Waals surface area contributed by atoms with E-state index >= 15 is 0 Å². The van der Waals surface area contributed by atoms with Gasteiger partial charge in [0.2, 0.25) is 0 Å². The Kier molecular flexibility index (Phi) is 9.03. The van der Waals surface area contributed by atoms with E-state index in [9.17, 15) is 19.8 Å². The molecule has 2 unspecified atom stereocenters. The van der Waals surface area contributed by atoms with Crippen molar-refractivity contribution in [2.45, 2.75) is 23.6 Å². The topological polar surface area (TPSA) is 149 Å². The Morgan fingerprint density at radius 1 is 0.729 bits per heavy atom. The molecular formula is C34H34N6O6S2. The average molecular weight is 687 g/mol. The van der Waals surface area contributed by atoms with Crippen molar-refractivity contribution in [2.75, 3.05) is 36.6 Å². The maximum atomic E-state index is 13.1. The number of hydrogen-bond donors (Lipinski definition) is 4. The third-order valence-corrected chi connectivity index (χ3v) is 10.7. The van der Waals surface area contributed by atoms with Crippen molar-refractivity contribution in [3.05, 3.63) is 83.9 Å². The van der Waals surface area contributed by atoms with Gasteiger partial charge in [0, 0.05) is 10.8 Å². The minimum absolute atomic E-state index is 0.0435. The van der Waals surface area contributed by atoms with Crippen LogP contribution in [0.15, 0.2) is 72.8 Å². The summed E-state index contributed by atoms with van der Waals surface area (Å²) in [6.07, 6.45) is 7.56. The molecule has 0 saturated carbocycles. The number of phenols is 2. The molecule has 0 aliphatic carbocycles. The summed E-state index contributed by atoms with van der Waals surface area (Å²) in [6.45, 7) is 3.85. The second kappa shape index (κ2) is 13.2. The van der Waals surface area contributed by atoms with Crippen LogP contribution < -0.4 is 20.3 Å². The molecule has 2 fully saturated rings. The first-order valence-corrected chi connectivity index (χ1v) is 16.9. The first-order chi connectivity index (χ1) is 23.0. The number of methoxy groups -OCH3 is 2. The predicted molar refractivity (Wildman–Crippen MR) is 190 cm³/mol. The number of benzene rings is 3. The van der Waals surface area contributed by atoms with Crippen molar-refractivity contribution >= 4 is 69.9 Å². The Bertz CT molecular complexity index is 1820. The summed E-state index contributed by atoms with van der Waals surface area (Å²) in [5.41, 5.74) is 8.02. The monoisotopic (exact) mass is 686 g/mol. The number of hydrazine groups is 2. The molecule has 0 spiro atoms. The summed E-state index contributed by atoms with van der Waals surface area (Å²) in [5, 5.41) is 33.3. The highest BCUT2D eigenvalue weighted by Crippen LogP contribution is 2.41. The smallest absolute Gasteiger partial charge is 0.252 e. The highest BCUT2D eigenvalue weighted by Gasteiger charge is 2.43. The number of phenolic OH excluding ortho intramolecular Hbond substituents is 2. The van der Waals surface area contributed by atoms with Gasteiger partial charge in [0.25, 0.3) is 11.8 Å². The number of hydrogen-bond acceptors (Lipinski definition) is 12. The zero-order valence-electron chi connectivity index (χ0n) is 26.6. The van der Waals surface area contributed by atoms with E-state index in [1.165, 1.54) is 47.8 Å². The Balaban J connectivity index is 1.26. The van der Waals surface area contributed by atoms with Crippen LogP contribution >= 0.6 is 23.5 Å². The van der Waals surface area contributed by atoms with Gasteiger partial charge in [-0.15, -0.1) is 33.7 Å². The highest BCUT2D eigenvalue weighted by molar-refractivity contribution is 8.02. The van der Waals surface area contributed by atoms with Crippen molar-refractivity contribution in [3.8, 4) is 23.0 Å². The van der Waals surface area contributed by atoms with Crippen LogP contribution in [0.3, 0.4) is 0 Å². The summed E-state index contributed by atoms with van der Waals surface area (Å²) >= 11 is 2.92. The number of carbonyl (C=O) groups is 2. The summed E-state index contributed by atoms with van der Waals surface area (Å²) in [5.74, 6) is 1.81. The van der Waals surface area contributed by atoms with Gasteiger partial charge in [0.15, 0.2) is 34.6 Å². The van der Waals surface area contributed by atoms with Crippen molar-refractivity contribution in [2.24, 2.45) is 0 Å². The number of fused-ring (bicyclic) bond motifs is 1. The lowest BCUT2D eigenvalue weighted by Gasteiger charge is -2.33. The van der Waals surface area contributed by atoms with Gasteiger partial charge in [-0.25, -0.2) is 10.0 Å². The first kappa shape index (κ1) is 32.8. The molecule has 3 heterocycles. The largest absolute Gasteiger partial charge is 0.504 e. The second-order valence-corrected chi connectivity index (χ2v) is 14.1. The Hall–Kier alpha value is -5.08. The summed E-state index contributed by atoms with van der Waals surface area (Å²) < 4.78 is 10.5. The van der Waals surface area contributed by atoms with Crippen LogP contribution in [0.2, 0.25) is 0 Å². The fourth-order valence-electron chi connectivity index (χ4n) is 5.34. The van der Waals surface area contributed by atoms with E-state index < -0.39 is 9.74 Å². The van der Waals surface area contributed by atoms with Gasteiger partial charge in [-0.1, -0.05) is 48.6 Å². The normalized spacial score (nSPS) is 21.2. The van der Waals surface area contributed by atoms with Crippen molar-refractivity contribution in [3.63, 3.8) is 0 Å². The van der Waals surface area contributed by atoms with Crippen LogP contribution in [0.5, 0.6) is 23.0 Å². The van der Waals surface area contributed by atoms with E-state index in [1.54, 1.807) is 36.4 Å². The molecule has 3 aromatic carbocycles. The van der Waals surface area contributed by atoms with Gasteiger partial charge in [-0.05, 0) is 61.4 Å². The number of anilines is 2. The number of ether oxygens (including phenoxy) is 2. The molecule has 248 valence electrons. The molecule has 4 N–H and O–H groups in total. The summed E-state index contributed by atoms with van der Waals surface area (Å²) in [4.78, 5) is 24.7. The number of aromatic nitrogens is 2. The number of nitrogens with one attached hydrogen (secondary N) is 2. The van der Waals surface area contributed by atoms with Gasteiger partial charge >= 0.3 is 0 Å². The molecule has 0 radical (unpaired) electrons. The fourth-order valence-corrected chi connectivity index (χ4v) is 7.31. The maximum Gasteiger partial charge on any atom is 0.252 e. The van der Waals surface area contributed by atoms with Crippen molar-refractivity contribution in [1.29, 1.82) is 0 Å². The third-order valence-electron chi connectivity index (χ3n) is 8.06. The van der Waals surface area contributed by atoms with Crippen LogP contribution in [-0.2, 0) is 9.59 Å². The van der Waals surface area contributed by atoms with Gasteiger partial charge < -0.3 is 19.7 Å². The van der Waals surface area contributed by atoms with Gasteiger partial charge in [0.05, 0.1) is 25.7 Å². The number of nitrogens with zero attached hydrogens (tertiary/aromatic N) is 4. The Morgan fingerprint density at radius 2 is 1.15 bits per heavy atom. The molecule has 0 bridgehead atoms. The Morgan fingerprint density at radius 3 is 1.54 bits per heavy atom. The van der Waals surface area contributed by atoms with E-state index in [0.717, 1.165) is 11.1 Å². The van der Waals surface area contributed by atoms with Crippen LogP contribution in [-0.4, -0.2) is 77.7 Å². The molecule has 12 nitrogen and oxygen atoms in total. The van der Waals surface area contributed by atoms with E-state index in [0.29, 0.717) is 33.9 Å². The Labute approximate surface area is 285 Å². The van der Waals surface area contributed by atoms with Crippen LogP contribution in [0.25, 0.3) is 22.9 Å². The van der Waals surface area contributed by atoms with Crippen molar-refractivity contribution < 1.29 is 29.3 Å². The van der Waals surface area contributed by atoms with Gasteiger partial charge in [0.1, 0.15) is 9.74 Å². The van der Waals surface area contributed by atoms with E-state index in [4.69, 9.17) is 9.47 Å². The SMILES string of the molecule is COc1cc(/C=C/C2(C)SCC(=O)N2Nc2nnc(NN3C(=O)CSC3(C)/C=C/c3ccc(O)c(OC)c3)c3ccccc23)ccc1O. The fraction of sp³-hybridized carbons (Fsp3) is 0.235. The first-order valence-electron chi connectivity index (χ1n) is 14.9. The lowest BCUT2D eigenvalue weighted by Crippen LogP contribution is -2.45. The van der Waals surface area contributed by atoms with Crippen LogP contribution in [0.1, 0.15) is 25.0 Å². The predicted octanol–water partition coefficient (Wildman–Crippen LogP) is 5.72. The number of thioether (sulfide) groups is 2. The van der Waals surface area contributed by atoms with Crippen LogP contribution in [0, 0.1) is 0 Å². The molecular weight excluding hydrogens is 653 g/mol. The summed E-state index contributed by atoms with van der Waals surface area (Å²) in [7, 11) is 2.98. The molecule has 14 heteroatoms. The molecule has 2 atom stereocenters. The van der Waals surface area contributed by atoms with E-state index in [-0.39, 0.29) is 34.8 Å². The quantitative estimate of drug-likeness (QED) is 0.162. The van der Waals surface area contributed by atoms with Gasteiger partial charge in [-0.3, -0.25) is 20.4 Å². The molecule has 2 aliphatic rings. The van der Waals surface area contributed by atoms with Crippen molar-refractivity contribution in [1.82, 2.24) is 20.2 Å². The minimum Gasteiger partial charge on any atom is -0.504 e. The molecule has 6 rings (SSSR count).